The number of aromatic carboxylic acids is 1. The molecule has 0 fully saturated rings. The van der Waals surface area contributed by atoms with Gasteiger partial charge in [-0.3, -0.25) is 4.79 Å². The van der Waals surface area contributed by atoms with Gasteiger partial charge in [0.1, 0.15) is 6.33 Å². The number of nitrogens with zero attached hydrogens (tertiary/aromatic N) is 2. The Morgan fingerprint density at radius 3 is 2.60 bits per heavy atom. The summed E-state index contributed by atoms with van der Waals surface area (Å²) in [6.07, 6.45) is 4.79. The maximum absolute atomic E-state index is 11.7. The van der Waals surface area contributed by atoms with E-state index in [1.165, 1.54) is 24.8 Å². The number of benzene rings is 1. The minimum Gasteiger partial charge on any atom is -0.478 e. The topological polar surface area (TPSA) is 92.2 Å². The Hall–Kier alpha value is -2.76. The van der Waals surface area contributed by atoms with E-state index in [0.717, 1.165) is 5.56 Å². The first-order chi connectivity index (χ1) is 9.66. The van der Waals surface area contributed by atoms with Crippen LogP contribution in [-0.4, -0.2) is 33.5 Å². The average molecular weight is 271 g/mol. The lowest BCUT2D eigenvalue weighted by Crippen LogP contribution is -2.25. The first kappa shape index (κ1) is 13.7. The van der Waals surface area contributed by atoms with Gasteiger partial charge in [0.05, 0.1) is 11.1 Å². The van der Waals surface area contributed by atoms with E-state index in [-0.39, 0.29) is 11.5 Å². The van der Waals surface area contributed by atoms with Crippen molar-refractivity contribution in [3.63, 3.8) is 0 Å². The monoisotopic (exact) mass is 271 g/mol. The standard InChI is InChI=1S/C14H13N3O3/c18-13(12-7-15-9-16-8-12)17-5-4-10-2-1-3-11(6-10)14(19)20/h1-3,6-9H,4-5H2,(H,17,18)(H,19,20). The second-order valence-electron chi connectivity index (χ2n) is 4.14. The van der Waals surface area contributed by atoms with Gasteiger partial charge >= 0.3 is 5.97 Å². The highest BCUT2D eigenvalue weighted by molar-refractivity contribution is 5.93. The third-order valence-corrected chi connectivity index (χ3v) is 2.70. The Morgan fingerprint density at radius 2 is 1.90 bits per heavy atom. The van der Waals surface area contributed by atoms with Crippen LogP contribution in [0, 0.1) is 0 Å². The molecule has 0 saturated heterocycles. The number of carbonyl (C=O) groups excluding carboxylic acids is 1. The summed E-state index contributed by atoms with van der Waals surface area (Å²) in [6, 6.07) is 6.64. The van der Waals surface area contributed by atoms with Crippen molar-refractivity contribution in [2.45, 2.75) is 6.42 Å². The maximum atomic E-state index is 11.7. The lowest BCUT2D eigenvalue weighted by Gasteiger charge is -2.05. The van der Waals surface area contributed by atoms with E-state index >= 15 is 0 Å². The van der Waals surface area contributed by atoms with Gasteiger partial charge in [0.2, 0.25) is 0 Å². The van der Waals surface area contributed by atoms with E-state index in [4.69, 9.17) is 5.11 Å². The lowest BCUT2D eigenvalue weighted by molar-refractivity contribution is 0.0696. The Kier molecular flexibility index (Phi) is 4.39. The minimum absolute atomic E-state index is 0.241. The molecular formula is C14H13N3O3. The normalized spacial score (nSPS) is 10.0. The van der Waals surface area contributed by atoms with E-state index < -0.39 is 5.97 Å². The largest absolute Gasteiger partial charge is 0.478 e. The van der Waals surface area contributed by atoms with Gasteiger partial charge in [-0.1, -0.05) is 12.1 Å². The van der Waals surface area contributed by atoms with Gasteiger partial charge in [0.15, 0.2) is 0 Å². The van der Waals surface area contributed by atoms with Crippen LogP contribution in [0.15, 0.2) is 43.0 Å². The molecule has 0 radical (unpaired) electrons. The summed E-state index contributed by atoms with van der Waals surface area (Å²) in [5, 5.41) is 11.6. The fraction of sp³-hybridized carbons (Fsp3) is 0.143. The highest BCUT2D eigenvalue weighted by atomic mass is 16.4. The summed E-state index contributed by atoms with van der Waals surface area (Å²) >= 11 is 0. The summed E-state index contributed by atoms with van der Waals surface area (Å²) in [5.41, 5.74) is 1.49. The number of hydrogen-bond acceptors (Lipinski definition) is 4. The predicted molar refractivity (Wildman–Crippen MR) is 71.5 cm³/mol. The molecule has 0 spiro atoms. The molecule has 2 N–H and O–H groups in total. The molecule has 0 bridgehead atoms. The van der Waals surface area contributed by atoms with Crippen molar-refractivity contribution in [3.05, 3.63) is 59.7 Å². The summed E-state index contributed by atoms with van der Waals surface area (Å²) in [4.78, 5) is 30.1. The van der Waals surface area contributed by atoms with Gasteiger partial charge in [-0.15, -0.1) is 0 Å². The molecule has 0 aliphatic carbocycles. The number of carboxylic acid groups (broad SMARTS) is 1. The van der Waals surface area contributed by atoms with Crippen LogP contribution >= 0.6 is 0 Å². The van der Waals surface area contributed by atoms with E-state index in [1.807, 2.05) is 6.07 Å². The number of carbonyl (C=O) groups is 2. The predicted octanol–water partition coefficient (Wildman–Crippen LogP) is 1.15. The van der Waals surface area contributed by atoms with Gasteiger partial charge in [-0.2, -0.15) is 0 Å². The van der Waals surface area contributed by atoms with Crippen LogP contribution in [0.3, 0.4) is 0 Å². The SMILES string of the molecule is O=C(O)c1cccc(CCNC(=O)c2cncnc2)c1. The van der Waals surface area contributed by atoms with E-state index in [2.05, 4.69) is 15.3 Å². The van der Waals surface area contributed by atoms with Gasteiger partial charge in [-0.25, -0.2) is 14.8 Å². The highest BCUT2D eigenvalue weighted by Crippen LogP contribution is 2.05. The van der Waals surface area contributed by atoms with E-state index in [1.54, 1.807) is 12.1 Å². The summed E-state index contributed by atoms with van der Waals surface area (Å²) in [6.45, 7) is 0.413. The highest BCUT2D eigenvalue weighted by Gasteiger charge is 2.06. The number of rotatable bonds is 5. The quantitative estimate of drug-likeness (QED) is 0.851. The Labute approximate surface area is 115 Å². The second-order valence-corrected chi connectivity index (χ2v) is 4.14. The van der Waals surface area contributed by atoms with Crippen molar-refractivity contribution in [2.24, 2.45) is 0 Å². The third kappa shape index (κ3) is 3.61. The summed E-state index contributed by atoms with van der Waals surface area (Å²) in [5.74, 6) is -1.21. The molecule has 0 atom stereocenters. The zero-order valence-corrected chi connectivity index (χ0v) is 10.6. The van der Waals surface area contributed by atoms with Crippen molar-refractivity contribution in [3.8, 4) is 0 Å². The number of aromatic nitrogens is 2. The van der Waals surface area contributed by atoms with Gasteiger partial charge < -0.3 is 10.4 Å². The molecular weight excluding hydrogens is 258 g/mol. The minimum atomic E-state index is -0.961. The molecule has 102 valence electrons. The molecule has 0 aliphatic rings. The van der Waals surface area contributed by atoms with E-state index in [9.17, 15) is 9.59 Å². The molecule has 0 unspecified atom stereocenters. The smallest absolute Gasteiger partial charge is 0.335 e. The van der Waals surface area contributed by atoms with Gasteiger partial charge in [0.25, 0.3) is 5.91 Å². The van der Waals surface area contributed by atoms with Crippen LogP contribution in [0.25, 0.3) is 0 Å². The number of hydrogen-bond donors (Lipinski definition) is 2. The first-order valence-electron chi connectivity index (χ1n) is 6.02. The molecule has 1 aromatic heterocycles. The first-order valence-corrected chi connectivity index (χ1v) is 6.02. The van der Waals surface area contributed by atoms with Crippen LogP contribution < -0.4 is 5.32 Å². The molecule has 1 amide bonds. The van der Waals surface area contributed by atoms with Crippen LogP contribution in [0.5, 0.6) is 0 Å². The lowest BCUT2D eigenvalue weighted by atomic mass is 10.1. The van der Waals surface area contributed by atoms with Crippen LogP contribution in [-0.2, 0) is 6.42 Å². The zero-order valence-electron chi connectivity index (χ0n) is 10.6. The Bertz CT molecular complexity index is 614. The van der Waals surface area contributed by atoms with Crippen LogP contribution in [0.4, 0.5) is 0 Å². The Morgan fingerprint density at radius 1 is 1.15 bits per heavy atom. The Balaban J connectivity index is 1.89. The molecule has 0 aliphatic heterocycles. The van der Waals surface area contributed by atoms with Crippen molar-refractivity contribution in [1.29, 1.82) is 0 Å². The maximum Gasteiger partial charge on any atom is 0.335 e. The van der Waals surface area contributed by atoms with Crippen LogP contribution in [0.2, 0.25) is 0 Å². The molecule has 1 aromatic carbocycles. The van der Waals surface area contributed by atoms with Crippen molar-refractivity contribution in [2.75, 3.05) is 6.54 Å². The molecule has 1 heterocycles. The number of carboxylic acids is 1. The molecule has 20 heavy (non-hydrogen) atoms. The summed E-state index contributed by atoms with van der Waals surface area (Å²) in [7, 11) is 0. The van der Waals surface area contributed by atoms with Crippen molar-refractivity contribution in [1.82, 2.24) is 15.3 Å². The van der Waals surface area contributed by atoms with Crippen LogP contribution in [0.1, 0.15) is 26.3 Å². The molecule has 6 heteroatoms. The fourth-order valence-corrected chi connectivity index (χ4v) is 1.70. The molecule has 0 saturated carbocycles. The van der Waals surface area contributed by atoms with Gasteiger partial charge in [-0.05, 0) is 24.1 Å². The second kappa shape index (κ2) is 6.42. The summed E-state index contributed by atoms with van der Waals surface area (Å²) < 4.78 is 0. The van der Waals surface area contributed by atoms with Gasteiger partial charge in [0, 0.05) is 18.9 Å². The zero-order chi connectivity index (χ0) is 14.4. The average Bonchev–Trinajstić information content (AvgIpc) is 2.48. The number of nitrogens with one attached hydrogen (secondary N) is 1. The van der Waals surface area contributed by atoms with Crippen molar-refractivity contribution < 1.29 is 14.7 Å². The molecule has 6 nitrogen and oxygen atoms in total. The third-order valence-electron chi connectivity index (χ3n) is 2.70. The van der Waals surface area contributed by atoms with E-state index in [0.29, 0.717) is 18.5 Å². The molecule has 2 aromatic rings. The van der Waals surface area contributed by atoms with Crippen molar-refractivity contribution >= 4 is 11.9 Å². The molecule has 2 rings (SSSR count). The number of amides is 1. The fourth-order valence-electron chi connectivity index (χ4n) is 1.70.